The molecule has 1 aromatic rings. The summed E-state index contributed by atoms with van der Waals surface area (Å²) in [6, 6.07) is 2.18. The van der Waals surface area contributed by atoms with Crippen molar-refractivity contribution < 1.29 is 9.30 Å². The van der Waals surface area contributed by atoms with E-state index < -0.39 is 0 Å². The molecule has 0 saturated carbocycles. The van der Waals surface area contributed by atoms with Gasteiger partial charge < -0.3 is 4.74 Å². The minimum absolute atomic E-state index is 0.684. The largest absolute Gasteiger partial charge is 0.323 e. The lowest BCUT2D eigenvalue weighted by atomic mass is 10.1. The first-order chi connectivity index (χ1) is 9.77. The van der Waals surface area contributed by atoms with E-state index in [1.807, 2.05) is 0 Å². The van der Waals surface area contributed by atoms with Crippen molar-refractivity contribution in [3.05, 3.63) is 29.6 Å². The highest BCUT2D eigenvalue weighted by molar-refractivity contribution is 5.18. The molecule has 0 amide bonds. The maximum atomic E-state index is 5.75. The monoisotopic (exact) mass is 278 g/mol. The van der Waals surface area contributed by atoms with E-state index in [9.17, 15) is 0 Å². The molecule has 0 atom stereocenters. The van der Waals surface area contributed by atoms with Crippen LogP contribution in [0.1, 0.15) is 69.9 Å². The lowest BCUT2D eigenvalue weighted by molar-refractivity contribution is -0.733. The van der Waals surface area contributed by atoms with Gasteiger partial charge >= 0.3 is 0 Å². The third kappa shape index (κ3) is 7.04. The van der Waals surface area contributed by atoms with Crippen molar-refractivity contribution >= 4 is 0 Å². The summed E-state index contributed by atoms with van der Waals surface area (Å²) in [5.74, 6) is 0. The summed E-state index contributed by atoms with van der Waals surface area (Å²) in [6.07, 6.45) is 14.8. The third-order valence-corrected chi connectivity index (χ3v) is 3.86. The van der Waals surface area contributed by atoms with E-state index >= 15 is 0 Å². The quantitative estimate of drug-likeness (QED) is 0.427. The maximum absolute atomic E-state index is 5.75. The number of aromatic nitrogens is 1. The fourth-order valence-corrected chi connectivity index (χ4v) is 2.44. The number of hydrogen-bond donors (Lipinski definition) is 0. The van der Waals surface area contributed by atoms with Crippen LogP contribution in [0.4, 0.5) is 0 Å². The number of pyridine rings is 1. The number of hydrogen-bond acceptors (Lipinski definition) is 1. The van der Waals surface area contributed by atoms with Gasteiger partial charge in [-0.15, -0.1) is 0 Å². The van der Waals surface area contributed by atoms with Crippen LogP contribution in [0.3, 0.4) is 0 Å². The number of rotatable bonds is 11. The van der Waals surface area contributed by atoms with E-state index in [-0.39, 0.29) is 0 Å². The summed E-state index contributed by atoms with van der Waals surface area (Å²) < 4.78 is 7.90. The molecular weight excluding hydrogens is 246 g/mol. The predicted octanol–water partition coefficient (Wildman–Crippen LogP) is 4.57. The molecular formula is C18H32NO+. The summed E-state index contributed by atoms with van der Waals surface area (Å²) in [7, 11) is 0. The molecule has 2 nitrogen and oxygen atoms in total. The summed E-state index contributed by atoms with van der Waals surface area (Å²) in [5, 5.41) is 0. The van der Waals surface area contributed by atoms with Crippen LogP contribution >= 0.6 is 0 Å². The van der Waals surface area contributed by atoms with Gasteiger partial charge in [-0.3, -0.25) is 0 Å². The zero-order valence-electron chi connectivity index (χ0n) is 13.7. The van der Waals surface area contributed by atoms with Crippen LogP contribution in [0.15, 0.2) is 18.5 Å². The van der Waals surface area contributed by atoms with Crippen LogP contribution in [0.25, 0.3) is 0 Å². The first kappa shape index (κ1) is 17.2. The number of ether oxygens (including phenoxy) is 1. The van der Waals surface area contributed by atoms with E-state index in [2.05, 4.69) is 43.8 Å². The number of unbranched alkanes of at least 4 members (excludes halogenated alkanes) is 6. The van der Waals surface area contributed by atoms with Gasteiger partial charge in [0.25, 0.3) is 6.73 Å². The van der Waals surface area contributed by atoms with Gasteiger partial charge in [0, 0.05) is 11.6 Å². The molecule has 2 heteroatoms. The Morgan fingerprint density at radius 2 is 1.70 bits per heavy atom. The van der Waals surface area contributed by atoms with E-state index in [1.165, 1.54) is 56.1 Å². The van der Waals surface area contributed by atoms with E-state index in [0.29, 0.717) is 6.73 Å². The Morgan fingerprint density at radius 3 is 2.40 bits per heavy atom. The molecule has 0 radical (unpaired) electrons. The molecule has 0 aromatic carbocycles. The molecule has 0 aliphatic carbocycles. The number of nitrogens with zero attached hydrogens (tertiary/aromatic N) is 1. The van der Waals surface area contributed by atoms with E-state index in [4.69, 9.17) is 4.74 Å². The van der Waals surface area contributed by atoms with Crippen molar-refractivity contribution in [3.8, 4) is 0 Å². The fraction of sp³-hybridized carbons (Fsp3) is 0.722. The Bertz CT molecular complexity index is 362. The van der Waals surface area contributed by atoms with E-state index in [1.54, 1.807) is 0 Å². The van der Waals surface area contributed by atoms with Gasteiger partial charge in [0.1, 0.15) is 0 Å². The highest BCUT2D eigenvalue weighted by Gasteiger charge is 2.04. The normalized spacial score (nSPS) is 10.9. The second-order valence-corrected chi connectivity index (χ2v) is 5.68. The highest BCUT2D eigenvalue weighted by Crippen LogP contribution is 2.07. The molecule has 1 heterocycles. The van der Waals surface area contributed by atoms with Crippen LogP contribution in [0.5, 0.6) is 0 Å². The Morgan fingerprint density at radius 1 is 1.00 bits per heavy atom. The lowest BCUT2D eigenvalue weighted by Crippen LogP contribution is -2.35. The minimum atomic E-state index is 0.684. The van der Waals surface area contributed by atoms with Crippen LogP contribution in [-0.4, -0.2) is 6.61 Å². The van der Waals surface area contributed by atoms with Crippen LogP contribution < -0.4 is 4.57 Å². The number of aryl methyl sites for hydroxylation is 2. The van der Waals surface area contributed by atoms with Crippen molar-refractivity contribution in [2.45, 2.75) is 78.9 Å². The van der Waals surface area contributed by atoms with Crippen molar-refractivity contribution in [2.24, 2.45) is 0 Å². The zero-order chi connectivity index (χ0) is 14.6. The maximum Gasteiger partial charge on any atom is 0.252 e. The minimum Gasteiger partial charge on any atom is -0.323 e. The highest BCUT2D eigenvalue weighted by atomic mass is 16.5. The van der Waals surface area contributed by atoms with Crippen molar-refractivity contribution in [2.75, 3.05) is 6.61 Å². The Hall–Kier alpha value is -0.890. The molecule has 0 aliphatic heterocycles. The molecule has 0 unspecified atom stereocenters. The first-order valence-electron chi connectivity index (χ1n) is 8.34. The predicted molar refractivity (Wildman–Crippen MR) is 84.7 cm³/mol. The standard InChI is InChI=1S/C18H32NO/c1-4-6-7-8-9-10-11-14-20-16-19-13-12-17(3)18(5-2)15-19/h12-13,15H,4-11,14,16H2,1-3H3/q+1. The van der Waals surface area contributed by atoms with Gasteiger partial charge in [-0.2, -0.15) is 4.57 Å². The summed E-state index contributed by atoms with van der Waals surface area (Å²) in [5.41, 5.74) is 2.78. The van der Waals surface area contributed by atoms with Crippen LogP contribution in [0.2, 0.25) is 0 Å². The molecule has 20 heavy (non-hydrogen) atoms. The molecule has 0 aliphatic rings. The molecule has 0 spiro atoms. The van der Waals surface area contributed by atoms with Crippen molar-refractivity contribution in [1.82, 2.24) is 0 Å². The second kappa shape index (κ2) is 10.8. The van der Waals surface area contributed by atoms with Gasteiger partial charge in [-0.1, -0.05) is 52.4 Å². The van der Waals surface area contributed by atoms with Crippen LogP contribution in [-0.2, 0) is 17.9 Å². The average Bonchev–Trinajstić information content (AvgIpc) is 2.47. The Balaban J connectivity index is 2.06. The average molecular weight is 278 g/mol. The van der Waals surface area contributed by atoms with Gasteiger partial charge in [0.15, 0.2) is 12.4 Å². The van der Waals surface area contributed by atoms with Crippen molar-refractivity contribution in [3.63, 3.8) is 0 Å². The van der Waals surface area contributed by atoms with Crippen LogP contribution in [0, 0.1) is 6.92 Å². The molecule has 0 bridgehead atoms. The molecule has 0 N–H and O–H groups in total. The Kier molecular flexibility index (Phi) is 9.31. The summed E-state index contributed by atoms with van der Waals surface area (Å²) in [6.45, 7) is 8.20. The molecule has 114 valence electrons. The van der Waals surface area contributed by atoms with Gasteiger partial charge in [0.05, 0.1) is 6.61 Å². The molecule has 1 rings (SSSR count). The lowest BCUT2D eigenvalue weighted by Gasteiger charge is -2.04. The van der Waals surface area contributed by atoms with Gasteiger partial charge in [-0.05, 0) is 25.3 Å². The summed E-state index contributed by atoms with van der Waals surface area (Å²) >= 11 is 0. The van der Waals surface area contributed by atoms with Gasteiger partial charge in [-0.25, -0.2) is 0 Å². The first-order valence-corrected chi connectivity index (χ1v) is 8.34. The smallest absolute Gasteiger partial charge is 0.252 e. The summed E-state index contributed by atoms with van der Waals surface area (Å²) in [4.78, 5) is 0. The molecule has 0 saturated heterocycles. The SMILES string of the molecule is CCCCCCCCCOC[n+]1ccc(C)c(CC)c1. The van der Waals surface area contributed by atoms with Crippen molar-refractivity contribution in [1.29, 1.82) is 0 Å². The topological polar surface area (TPSA) is 13.1 Å². The fourth-order valence-electron chi connectivity index (χ4n) is 2.44. The molecule has 0 fully saturated rings. The van der Waals surface area contributed by atoms with Gasteiger partial charge in [0.2, 0.25) is 0 Å². The molecule has 1 aromatic heterocycles. The second-order valence-electron chi connectivity index (χ2n) is 5.68. The zero-order valence-corrected chi connectivity index (χ0v) is 13.7. The Labute approximate surface area is 125 Å². The van der Waals surface area contributed by atoms with E-state index in [0.717, 1.165) is 13.0 Å². The third-order valence-electron chi connectivity index (χ3n) is 3.86.